The second kappa shape index (κ2) is 9.96. The van der Waals surface area contributed by atoms with Crippen molar-refractivity contribution >= 4 is 16.9 Å². The van der Waals surface area contributed by atoms with E-state index in [9.17, 15) is 14.4 Å². The van der Waals surface area contributed by atoms with Crippen LogP contribution in [0.3, 0.4) is 0 Å². The molecular formula is C25H30N4O3. The Bertz CT molecular complexity index is 1190. The van der Waals surface area contributed by atoms with Gasteiger partial charge in [0.05, 0.1) is 17.6 Å². The highest BCUT2D eigenvalue weighted by Crippen LogP contribution is 2.14. The van der Waals surface area contributed by atoms with E-state index in [4.69, 9.17) is 0 Å². The Morgan fingerprint density at radius 2 is 1.50 bits per heavy atom. The Kier molecular flexibility index (Phi) is 6.85. The molecule has 0 spiro atoms. The highest BCUT2D eigenvalue weighted by molar-refractivity contribution is 5.80. The monoisotopic (exact) mass is 434 g/mol. The van der Waals surface area contributed by atoms with Gasteiger partial charge in [-0.05, 0) is 57.0 Å². The summed E-state index contributed by atoms with van der Waals surface area (Å²) in [6, 6.07) is 17.2. The van der Waals surface area contributed by atoms with Crippen LogP contribution in [0.15, 0.2) is 64.2 Å². The molecule has 7 nitrogen and oxygen atoms in total. The molecule has 1 amide bonds. The summed E-state index contributed by atoms with van der Waals surface area (Å²) in [6.45, 7) is 5.11. The molecule has 2 aromatic carbocycles. The number of likely N-dealkylation sites (tertiary alicyclic amines) is 1. The van der Waals surface area contributed by atoms with Crippen LogP contribution in [0.4, 0.5) is 0 Å². The molecule has 3 aromatic rings. The standard InChI is InChI=1S/C25H30N4O3/c1-19(27-15-7-8-16-27)13-14-26-23(30)18-29-22-12-6-5-11-21(22)28(24(31)25(29)32)17-20-9-3-2-4-10-20/h2-6,9-12,19H,7-8,13-18H2,1H3,(H,26,30)/t19-/m0/s1. The summed E-state index contributed by atoms with van der Waals surface area (Å²) < 4.78 is 2.78. The lowest BCUT2D eigenvalue weighted by atomic mass is 10.2. The number of nitrogens with one attached hydrogen (secondary N) is 1. The number of aromatic nitrogens is 2. The Labute approximate surface area is 187 Å². The molecular weight excluding hydrogens is 404 g/mol. The van der Waals surface area contributed by atoms with Crippen LogP contribution in [0.25, 0.3) is 11.0 Å². The van der Waals surface area contributed by atoms with Crippen molar-refractivity contribution in [3.8, 4) is 0 Å². The van der Waals surface area contributed by atoms with Gasteiger partial charge in [0.25, 0.3) is 0 Å². The largest absolute Gasteiger partial charge is 0.354 e. The summed E-state index contributed by atoms with van der Waals surface area (Å²) in [7, 11) is 0. The smallest absolute Gasteiger partial charge is 0.317 e. The SMILES string of the molecule is C[C@@H](CCNC(=O)Cn1c(=O)c(=O)n(Cc2ccccc2)c2ccccc21)N1CCCC1. The van der Waals surface area contributed by atoms with Crippen molar-refractivity contribution in [1.82, 2.24) is 19.4 Å². The number of nitrogens with zero attached hydrogens (tertiary/aromatic N) is 3. The van der Waals surface area contributed by atoms with Gasteiger partial charge in [0.15, 0.2) is 0 Å². The molecule has 1 aromatic heterocycles. The topological polar surface area (TPSA) is 76.3 Å². The van der Waals surface area contributed by atoms with Crippen LogP contribution < -0.4 is 16.4 Å². The highest BCUT2D eigenvalue weighted by Gasteiger charge is 2.18. The van der Waals surface area contributed by atoms with E-state index >= 15 is 0 Å². The maximum atomic E-state index is 12.9. The quantitative estimate of drug-likeness (QED) is 0.552. The van der Waals surface area contributed by atoms with Crippen LogP contribution in [0.2, 0.25) is 0 Å². The number of benzene rings is 2. The van der Waals surface area contributed by atoms with Crippen LogP contribution in [0.1, 0.15) is 31.7 Å². The summed E-state index contributed by atoms with van der Waals surface area (Å²) >= 11 is 0. The van der Waals surface area contributed by atoms with Gasteiger partial charge in [-0.15, -0.1) is 0 Å². The van der Waals surface area contributed by atoms with Crippen molar-refractivity contribution < 1.29 is 4.79 Å². The number of fused-ring (bicyclic) bond motifs is 1. The van der Waals surface area contributed by atoms with Crippen LogP contribution in [0.5, 0.6) is 0 Å². The molecule has 1 atom stereocenters. The molecule has 2 heterocycles. The van der Waals surface area contributed by atoms with Gasteiger partial charge in [0.2, 0.25) is 5.91 Å². The summed E-state index contributed by atoms with van der Waals surface area (Å²) in [6.07, 6.45) is 3.34. The lowest BCUT2D eigenvalue weighted by Gasteiger charge is -2.23. The Balaban J connectivity index is 1.52. The summed E-state index contributed by atoms with van der Waals surface area (Å²) in [5.41, 5.74) is 0.843. The normalized spacial score (nSPS) is 15.2. The maximum Gasteiger partial charge on any atom is 0.317 e. The molecule has 1 aliphatic heterocycles. The van der Waals surface area contributed by atoms with Gasteiger partial charge in [-0.3, -0.25) is 23.5 Å². The van der Waals surface area contributed by atoms with Crippen LogP contribution in [0, 0.1) is 0 Å². The first kappa shape index (κ1) is 22.0. The minimum Gasteiger partial charge on any atom is -0.354 e. The minimum absolute atomic E-state index is 0.168. The first-order chi connectivity index (χ1) is 15.5. The van der Waals surface area contributed by atoms with Gasteiger partial charge in [0.1, 0.15) is 6.54 Å². The molecule has 32 heavy (non-hydrogen) atoms. The number of para-hydroxylation sites is 2. The van der Waals surface area contributed by atoms with Gasteiger partial charge in [0, 0.05) is 12.6 Å². The molecule has 4 rings (SSSR count). The average Bonchev–Trinajstić information content (AvgIpc) is 3.35. The van der Waals surface area contributed by atoms with Crippen molar-refractivity contribution in [2.75, 3.05) is 19.6 Å². The highest BCUT2D eigenvalue weighted by atomic mass is 16.2. The van der Waals surface area contributed by atoms with Crippen molar-refractivity contribution in [2.24, 2.45) is 0 Å². The molecule has 1 fully saturated rings. The maximum absolute atomic E-state index is 12.9. The molecule has 1 N–H and O–H groups in total. The number of hydrogen-bond acceptors (Lipinski definition) is 4. The second-order valence-electron chi connectivity index (χ2n) is 8.49. The summed E-state index contributed by atoms with van der Waals surface area (Å²) in [5.74, 6) is -0.258. The Morgan fingerprint density at radius 3 is 2.19 bits per heavy atom. The number of amides is 1. The van der Waals surface area contributed by atoms with Gasteiger partial charge < -0.3 is 10.2 Å². The van der Waals surface area contributed by atoms with E-state index in [0.717, 1.165) is 25.1 Å². The van der Waals surface area contributed by atoms with E-state index < -0.39 is 11.1 Å². The zero-order valence-corrected chi connectivity index (χ0v) is 18.5. The summed E-state index contributed by atoms with van der Waals surface area (Å²) in [5, 5.41) is 2.92. The molecule has 1 saturated heterocycles. The third-order valence-corrected chi connectivity index (χ3v) is 6.27. The molecule has 0 saturated carbocycles. The van der Waals surface area contributed by atoms with Crippen LogP contribution >= 0.6 is 0 Å². The first-order valence-corrected chi connectivity index (χ1v) is 11.3. The third-order valence-electron chi connectivity index (χ3n) is 6.27. The van der Waals surface area contributed by atoms with Gasteiger partial charge in [-0.25, -0.2) is 0 Å². The van der Waals surface area contributed by atoms with Crippen LogP contribution in [-0.4, -0.2) is 45.6 Å². The van der Waals surface area contributed by atoms with Crippen molar-refractivity contribution in [3.05, 3.63) is 80.9 Å². The van der Waals surface area contributed by atoms with E-state index in [0.29, 0.717) is 30.2 Å². The molecule has 0 aliphatic carbocycles. The molecule has 168 valence electrons. The summed E-state index contributed by atoms with van der Waals surface area (Å²) in [4.78, 5) is 40.9. The zero-order chi connectivity index (χ0) is 22.5. The molecule has 0 bridgehead atoms. The molecule has 0 radical (unpaired) electrons. The Morgan fingerprint density at radius 1 is 0.906 bits per heavy atom. The van der Waals surface area contributed by atoms with E-state index in [1.807, 2.05) is 48.5 Å². The first-order valence-electron chi connectivity index (χ1n) is 11.3. The molecule has 7 heteroatoms. The predicted molar refractivity (Wildman–Crippen MR) is 126 cm³/mol. The van der Waals surface area contributed by atoms with E-state index in [1.165, 1.54) is 22.0 Å². The van der Waals surface area contributed by atoms with Crippen molar-refractivity contribution in [3.63, 3.8) is 0 Å². The fourth-order valence-electron chi connectivity index (χ4n) is 4.44. The molecule has 0 unspecified atom stereocenters. The fourth-order valence-corrected chi connectivity index (χ4v) is 4.44. The number of rotatable bonds is 8. The third kappa shape index (κ3) is 4.83. The van der Waals surface area contributed by atoms with E-state index in [-0.39, 0.29) is 12.5 Å². The minimum atomic E-state index is -0.680. The van der Waals surface area contributed by atoms with Gasteiger partial charge in [-0.1, -0.05) is 42.5 Å². The van der Waals surface area contributed by atoms with Crippen molar-refractivity contribution in [2.45, 2.75) is 45.3 Å². The van der Waals surface area contributed by atoms with Gasteiger partial charge >= 0.3 is 11.1 Å². The Hall–Kier alpha value is -3.19. The van der Waals surface area contributed by atoms with E-state index in [1.54, 1.807) is 6.07 Å². The molecule has 1 aliphatic rings. The van der Waals surface area contributed by atoms with Gasteiger partial charge in [-0.2, -0.15) is 0 Å². The van der Waals surface area contributed by atoms with Crippen molar-refractivity contribution in [1.29, 1.82) is 0 Å². The number of carbonyl (C=O) groups excluding carboxylic acids is 1. The average molecular weight is 435 g/mol. The predicted octanol–water partition coefficient (Wildman–Crippen LogP) is 2.20. The second-order valence-corrected chi connectivity index (χ2v) is 8.49. The number of hydrogen-bond donors (Lipinski definition) is 1. The fraction of sp³-hybridized carbons (Fsp3) is 0.400. The lowest BCUT2D eigenvalue weighted by molar-refractivity contribution is -0.121. The zero-order valence-electron chi connectivity index (χ0n) is 18.5. The number of carbonyl (C=O) groups is 1. The van der Waals surface area contributed by atoms with E-state index in [2.05, 4.69) is 17.1 Å². The van der Waals surface area contributed by atoms with Crippen LogP contribution in [-0.2, 0) is 17.9 Å². The lowest BCUT2D eigenvalue weighted by Crippen LogP contribution is -2.44.